The quantitative estimate of drug-likeness (QED) is 0.784. The number of anilines is 1. The monoisotopic (exact) mass is 325 g/mol. The second kappa shape index (κ2) is 7.10. The molecule has 3 nitrogen and oxygen atoms in total. The van der Waals surface area contributed by atoms with Gasteiger partial charge in [0.15, 0.2) is 5.78 Å². The van der Waals surface area contributed by atoms with Gasteiger partial charge in [-0.15, -0.1) is 0 Å². The molecule has 0 radical (unpaired) electrons. The minimum absolute atomic E-state index is 0.311. The van der Waals surface area contributed by atoms with Crippen molar-refractivity contribution in [2.45, 2.75) is 38.5 Å². The highest BCUT2D eigenvalue weighted by molar-refractivity contribution is 6.03. The number of hydrogen-bond donors (Lipinski definition) is 0. The minimum atomic E-state index is 0.311. The molecule has 2 aliphatic carbocycles. The molecule has 1 aromatic carbocycles. The van der Waals surface area contributed by atoms with Gasteiger partial charge < -0.3 is 9.64 Å². The molecule has 1 atom stereocenters. The molecule has 1 heterocycles. The maximum Gasteiger partial charge on any atom is 0.162 e. The van der Waals surface area contributed by atoms with Crippen molar-refractivity contribution in [3.05, 3.63) is 35.4 Å². The van der Waals surface area contributed by atoms with Crippen LogP contribution in [0.4, 0.5) is 5.69 Å². The molecule has 1 aliphatic heterocycles. The number of Topliss-reactive ketones (excluding diaryl/α,β-unsaturated/α-hetero) is 1. The Labute approximate surface area is 144 Å². The maximum atomic E-state index is 12.7. The van der Waals surface area contributed by atoms with Crippen LogP contribution in [0.15, 0.2) is 29.8 Å². The van der Waals surface area contributed by atoms with E-state index in [1.54, 1.807) is 0 Å². The average molecular weight is 325 g/mol. The smallest absolute Gasteiger partial charge is 0.162 e. The van der Waals surface area contributed by atoms with E-state index in [9.17, 15) is 4.79 Å². The summed E-state index contributed by atoms with van der Waals surface area (Å²) in [4.78, 5) is 15.1. The van der Waals surface area contributed by atoms with Gasteiger partial charge in [0.05, 0.1) is 13.2 Å². The van der Waals surface area contributed by atoms with Gasteiger partial charge in [-0.25, -0.2) is 0 Å². The van der Waals surface area contributed by atoms with Gasteiger partial charge in [-0.05, 0) is 60.9 Å². The first-order valence-electron chi connectivity index (χ1n) is 9.49. The molecule has 3 heteroatoms. The zero-order valence-corrected chi connectivity index (χ0v) is 14.4. The number of rotatable bonds is 3. The predicted molar refractivity (Wildman–Crippen MR) is 97.1 cm³/mol. The molecular formula is C21H27NO2. The molecule has 3 fully saturated rings. The maximum absolute atomic E-state index is 12.7. The molecular weight excluding hydrogens is 298 g/mol. The zero-order valence-electron chi connectivity index (χ0n) is 14.4. The third-order valence-corrected chi connectivity index (χ3v) is 5.96. The van der Waals surface area contributed by atoms with Crippen molar-refractivity contribution in [2.24, 2.45) is 11.8 Å². The Morgan fingerprint density at radius 2 is 1.71 bits per heavy atom. The number of hydrogen-bond acceptors (Lipinski definition) is 3. The third kappa shape index (κ3) is 3.27. The minimum Gasteiger partial charge on any atom is -0.378 e. The SMILES string of the molecule is O=C1/C(=C/c2ccc(N3CCOCC3)cc2)CC[C@@H]1C1CCCC1. The van der Waals surface area contributed by atoms with Gasteiger partial charge in [0.1, 0.15) is 0 Å². The van der Waals surface area contributed by atoms with E-state index in [0.29, 0.717) is 17.6 Å². The van der Waals surface area contributed by atoms with E-state index in [1.165, 1.54) is 31.4 Å². The van der Waals surface area contributed by atoms with E-state index >= 15 is 0 Å². The van der Waals surface area contributed by atoms with E-state index in [4.69, 9.17) is 4.74 Å². The van der Waals surface area contributed by atoms with Gasteiger partial charge in [0, 0.05) is 24.7 Å². The van der Waals surface area contributed by atoms with Crippen molar-refractivity contribution in [1.82, 2.24) is 0 Å². The molecule has 0 amide bonds. The summed E-state index contributed by atoms with van der Waals surface area (Å²) >= 11 is 0. The van der Waals surface area contributed by atoms with Gasteiger partial charge in [-0.3, -0.25) is 4.79 Å². The van der Waals surface area contributed by atoms with Gasteiger partial charge in [-0.2, -0.15) is 0 Å². The molecule has 2 saturated carbocycles. The summed E-state index contributed by atoms with van der Waals surface area (Å²) in [5, 5.41) is 0. The summed E-state index contributed by atoms with van der Waals surface area (Å²) in [7, 11) is 0. The van der Waals surface area contributed by atoms with Crippen LogP contribution in [0, 0.1) is 11.8 Å². The number of carbonyl (C=O) groups excluding carboxylic acids is 1. The molecule has 24 heavy (non-hydrogen) atoms. The summed E-state index contributed by atoms with van der Waals surface area (Å²) in [6.07, 6.45) is 9.32. The second-order valence-corrected chi connectivity index (χ2v) is 7.41. The van der Waals surface area contributed by atoms with E-state index in [1.807, 2.05) is 0 Å². The molecule has 3 aliphatic rings. The number of benzene rings is 1. The van der Waals surface area contributed by atoms with Crippen molar-refractivity contribution in [1.29, 1.82) is 0 Å². The largest absolute Gasteiger partial charge is 0.378 e. The fourth-order valence-electron chi connectivity index (χ4n) is 4.56. The molecule has 0 unspecified atom stereocenters. The van der Waals surface area contributed by atoms with Crippen LogP contribution < -0.4 is 4.90 Å². The molecule has 128 valence electrons. The fraction of sp³-hybridized carbons (Fsp3) is 0.571. The van der Waals surface area contributed by atoms with Crippen molar-refractivity contribution in [3.63, 3.8) is 0 Å². The van der Waals surface area contributed by atoms with Crippen molar-refractivity contribution in [3.8, 4) is 0 Å². The normalized spacial score (nSPS) is 27.3. The number of ketones is 1. The molecule has 1 aromatic rings. The van der Waals surface area contributed by atoms with Crippen LogP contribution in [0.2, 0.25) is 0 Å². The van der Waals surface area contributed by atoms with Gasteiger partial charge in [-0.1, -0.05) is 25.0 Å². The lowest BCUT2D eigenvalue weighted by atomic mass is 9.88. The van der Waals surface area contributed by atoms with Crippen LogP contribution in [-0.2, 0) is 9.53 Å². The van der Waals surface area contributed by atoms with E-state index in [0.717, 1.165) is 50.3 Å². The average Bonchev–Trinajstić information content (AvgIpc) is 3.27. The van der Waals surface area contributed by atoms with Crippen LogP contribution in [0.1, 0.15) is 44.1 Å². The Kier molecular flexibility index (Phi) is 4.70. The highest BCUT2D eigenvalue weighted by Gasteiger charge is 2.36. The number of nitrogens with zero attached hydrogens (tertiary/aromatic N) is 1. The molecule has 4 rings (SSSR count). The van der Waals surface area contributed by atoms with Crippen molar-refractivity contribution >= 4 is 17.5 Å². The zero-order chi connectivity index (χ0) is 16.4. The topological polar surface area (TPSA) is 29.5 Å². The predicted octanol–water partition coefficient (Wildman–Crippen LogP) is 4.08. The van der Waals surface area contributed by atoms with Crippen LogP contribution in [0.5, 0.6) is 0 Å². The van der Waals surface area contributed by atoms with Crippen molar-refractivity contribution in [2.75, 3.05) is 31.2 Å². The summed E-state index contributed by atoms with van der Waals surface area (Å²) in [6, 6.07) is 8.64. The molecule has 0 aromatic heterocycles. The van der Waals surface area contributed by atoms with Crippen LogP contribution >= 0.6 is 0 Å². The van der Waals surface area contributed by atoms with Crippen LogP contribution in [0.25, 0.3) is 6.08 Å². The first-order chi connectivity index (χ1) is 11.8. The Hall–Kier alpha value is -1.61. The summed E-state index contributed by atoms with van der Waals surface area (Å²) in [5.74, 6) is 1.40. The van der Waals surface area contributed by atoms with Crippen molar-refractivity contribution < 1.29 is 9.53 Å². The Morgan fingerprint density at radius 1 is 1.00 bits per heavy atom. The summed E-state index contributed by atoms with van der Waals surface area (Å²) in [6.45, 7) is 3.54. The van der Waals surface area contributed by atoms with Gasteiger partial charge >= 0.3 is 0 Å². The van der Waals surface area contributed by atoms with Gasteiger partial charge in [0.2, 0.25) is 0 Å². The highest BCUT2D eigenvalue weighted by Crippen LogP contribution is 2.40. The van der Waals surface area contributed by atoms with E-state index in [2.05, 4.69) is 35.2 Å². The first kappa shape index (κ1) is 15.9. The lowest BCUT2D eigenvalue weighted by molar-refractivity contribution is -0.119. The van der Waals surface area contributed by atoms with Crippen LogP contribution in [0.3, 0.4) is 0 Å². The van der Waals surface area contributed by atoms with Gasteiger partial charge in [0.25, 0.3) is 0 Å². The molecule has 1 saturated heterocycles. The summed E-state index contributed by atoms with van der Waals surface area (Å²) in [5.41, 5.74) is 3.45. The second-order valence-electron chi connectivity index (χ2n) is 7.41. The lowest BCUT2D eigenvalue weighted by Crippen LogP contribution is -2.36. The number of allylic oxidation sites excluding steroid dienone is 1. The van der Waals surface area contributed by atoms with E-state index in [-0.39, 0.29) is 0 Å². The number of ether oxygens (including phenoxy) is 1. The summed E-state index contributed by atoms with van der Waals surface area (Å²) < 4.78 is 5.41. The Bertz CT molecular complexity index is 607. The van der Waals surface area contributed by atoms with Crippen LogP contribution in [-0.4, -0.2) is 32.1 Å². The fourth-order valence-corrected chi connectivity index (χ4v) is 4.56. The highest BCUT2D eigenvalue weighted by atomic mass is 16.5. The standard InChI is InChI=1S/C21H27NO2/c23-21-18(7-10-20(21)17-3-1-2-4-17)15-16-5-8-19(9-6-16)22-11-13-24-14-12-22/h5-6,8-9,15,17,20H,1-4,7,10-14H2/b18-15+/t20-/m1/s1. The van der Waals surface area contributed by atoms with E-state index < -0.39 is 0 Å². The molecule has 0 bridgehead atoms. The Morgan fingerprint density at radius 3 is 2.42 bits per heavy atom. The number of morpholine rings is 1. The Balaban J connectivity index is 1.44. The number of carbonyl (C=O) groups is 1. The first-order valence-corrected chi connectivity index (χ1v) is 9.49. The third-order valence-electron chi connectivity index (χ3n) is 5.96. The molecule has 0 spiro atoms. The molecule has 0 N–H and O–H groups in total. The lowest BCUT2D eigenvalue weighted by Gasteiger charge is -2.28.